The van der Waals surface area contributed by atoms with E-state index in [4.69, 9.17) is 21.3 Å². The molecule has 1 aliphatic heterocycles. The topological polar surface area (TPSA) is 93.6 Å². The fraction of sp³-hybridized carbons (Fsp3) is 0.265. The second-order valence-corrected chi connectivity index (χ2v) is 11.9. The molecule has 1 aromatic heterocycles. The van der Waals surface area contributed by atoms with Crippen LogP contribution < -0.4 is 4.90 Å². The van der Waals surface area contributed by atoms with Crippen molar-refractivity contribution < 1.29 is 23.9 Å². The standard InChI is InChI=1S/C34H27ClN2O5/c1-18(31(38)22-7-4-8-23(35)15-22)42-34(41)26-17-28(36-27-11-3-2-10-25(26)27)19-6-5-9-24(16-19)37-32(39)29-20-12-13-21(14-20)30(29)33(37)40/h2-11,15-18,20-21,29-30H,12-14H2,1H3/t18-,20-,21-,29-,30-/m0/s1. The fourth-order valence-corrected chi connectivity index (χ4v) is 7.30. The van der Waals surface area contributed by atoms with Gasteiger partial charge in [-0.15, -0.1) is 0 Å². The maximum atomic E-state index is 13.5. The van der Waals surface area contributed by atoms with Gasteiger partial charge >= 0.3 is 5.97 Å². The lowest BCUT2D eigenvalue weighted by atomic mass is 9.81. The van der Waals surface area contributed by atoms with Gasteiger partial charge in [0.1, 0.15) is 0 Å². The lowest BCUT2D eigenvalue weighted by molar-refractivity contribution is -0.123. The maximum absolute atomic E-state index is 13.5. The van der Waals surface area contributed by atoms with Crippen molar-refractivity contribution in [3.8, 4) is 11.3 Å². The molecule has 8 heteroatoms. The first-order valence-corrected chi connectivity index (χ1v) is 14.6. The molecule has 3 aliphatic rings. The molecule has 42 heavy (non-hydrogen) atoms. The number of carbonyl (C=O) groups is 4. The number of pyridine rings is 1. The summed E-state index contributed by atoms with van der Waals surface area (Å²) in [5, 5.41) is 0.997. The molecule has 1 saturated heterocycles. The van der Waals surface area contributed by atoms with Gasteiger partial charge in [-0.1, -0.05) is 54.1 Å². The molecule has 0 unspecified atom stereocenters. The van der Waals surface area contributed by atoms with Gasteiger partial charge in [0, 0.05) is 21.5 Å². The molecule has 0 spiro atoms. The van der Waals surface area contributed by atoms with Crippen LogP contribution in [0.2, 0.25) is 5.02 Å². The van der Waals surface area contributed by atoms with Crippen molar-refractivity contribution in [1.82, 2.24) is 4.98 Å². The molecule has 3 aromatic carbocycles. The minimum absolute atomic E-state index is 0.108. The smallest absolute Gasteiger partial charge is 0.339 e. The molecule has 7 rings (SSSR count). The van der Waals surface area contributed by atoms with E-state index in [9.17, 15) is 19.2 Å². The van der Waals surface area contributed by atoms with E-state index in [1.807, 2.05) is 12.1 Å². The zero-order valence-electron chi connectivity index (χ0n) is 22.8. The van der Waals surface area contributed by atoms with Gasteiger partial charge in [0.05, 0.1) is 34.3 Å². The Morgan fingerprint density at radius 3 is 2.36 bits per heavy atom. The van der Waals surface area contributed by atoms with Gasteiger partial charge in [0.15, 0.2) is 6.10 Å². The molecular weight excluding hydrogens is 552 g/mol. The number of halogens is 1. The van der Waals surface area contributed by atoms with E-state index in [0.717, 1.165) is 19.3 Å². The molecular formula is C34H27ClN2O5. The Kier molecular flexibility index (Phi) is 6.43. The largest absolute Gasteiger partial charge is 0.451 e. The van der Waals surface area contributed by atoms with E-state index in [-0.39, 0.29) is 35.0 Å². The number of ketones is 1. The average Bonchev–Trinajstić information content (AvgIpc) is 3.69. The average molecular weight is 579 g/mol. The van der Waals surface area contributed by atoms with Gasteiger partial charge in [-0.25, -0.2) is 9.78 Å². The number of benzene rings is 3. The second kappa shape index (κ2) is 10.2. The number of hydrogen-bond acceptors (Lipinski definition) is 6. The van der Waals surface area contributed by atoms with Crippen LogP contribution in [0.5, 0.6) is 0 Å². The highest BCUT2D eigenvalue weighted by atomic mass is 35.5. The summed E-state index contributed by atoms with van der Waals surface area (Å²) in [7, 11) is 0. The lowest BCUT2D eigenvalue weighted by Gasteiger charge is -2.19. The minimum atomic E-state index is -1.04. The number of aromatic nitrogens is 1. The van der Waals surface area contributed by atoms with Crippen molar-refractivity contribution >= 4 is 51.8 Å². The Morgan fingerprint density at radius 2 is 1.62 bits per heavy atom. The van der Waals surface area contributed by atoms with Crippen LogP contribution in [0, 0.1) is 23.7 Å². The number of anilines is 1. The Labute approximate surface area is 247 Å². The SMILES string of the molecule is C[C@H](OC(=O)c1cc(-c2cccc(N3C(=O)[C@H]4[C@H]5CC[C@@H](C5)[C@@H]4C3=O)c2)nc2ccccc12)C(=O)c1cccc(Cl)c1. The number of Topliss-reactive ketones (excluding diaryl/α,β-unsaturated/α-hetero) is 1. The van der Waals surface area contributed by atoms with Crippen molar-refractivity contribution in [2.45, 2.75) is 32.3 Å². The third kappa shape index (κ3) is 4.31. The van der Waals surface area contributed by atoms with E-state index in [0.29, 0.717) is 50.3 Å². The molecule has 210 valence electrons. The van der Waals surface area contributed by atoms with E-state index >= 15 is 0 Å². The molecule has 0 N–H and O–H groups in total. The molecule has 4 aromatic rings. The molecule has 2 bridgehead atoms. The van der Waals surface area contributed by atoms with E-state index in [1.165, 1.54) is 17.9 Å². The van der Waals surface area contributed by atoms with Crippen LogP contribution in [0.4, 0.5) is 5.69 Å². The van der Waals surface area contributed by atoms with Gasteiger partial charge in [-0.3, -0.25) is 19.3 Å². The van der Waals surface area contributed by atoms with Crippen molar-refractivity contribution in [3.05, 3.63) is 95.0 Å². The van der Waals surface area contributed by atoms with Crippen LogP contribution in [0.3, 0.4) is 0 Å². The van der Waals surface area contributed by atoms with Crippen LogP contribution in [-0.2, 0) is 14.3 Å². The van der Waals surface area contributed by atoms with Crippen molar-refractivity contribution in [2.75, 3.05) is 4.90 Å². The number of nitrogens with zero attached hydrogens (tertiary/aromatic N) is 2. The number of imide groups is 1. The first-order chi connectivity index (χ1) is 20.3. The number of hydrogen-bond donors (Lipinski definition) is 0. The molecule has 3 fully saturated rings. The number of carbonyl (C=O) groups excluding carboxylic acids is 4. The third-order valence-electron chi connectivity index (χ3n) is 9.03. The fourth-order valence-electron chi connectivity index (χ4n) is 7.11. The van der Waals surface area contributed by atoms with Crippen LogP contribution in [-0.4, -0.2) is 34.7 Å². The van der Waals surface area contributed by atoms with Crippen LogP contribution in [0.15, 0.2) is 78.9 Å². The maximum Gasteiger partial charge on any atom is 0.339 e. The second-order valence-electron chi connectivity index (χ2n) is 11.4. The zero-order valence-corrected chi connectivity index (χ0v) is 23.6. The Morgan fingerprint density at radius 1 is 0.905 bits per heavy atom. The summed E-state index contributed by atoms with van der Waals surface area (Å²) in [6.07, 6.45) is 1.96. The molecule has 2 amide bonds. The molecule has 7 nitrogen and oxygen atoms in total. The quantitative estimate of drug-likeness (QED) is 0.147. The summed E-state index contributed by atoms with van der Waals surface area (Å²) in [6.45, 7) is 1.53. The van der Waals surface area contributed by atoms with Gasteiger partial charge < -0.3 is 4.74 Å². The van der Waals surface area contributed by atoms with Crippen molar-refractivity contribution in [2.24, 2.45) is 23.7 Å². The van der Waals surface area contributed by atoms with Gasteiger partial charge in [0.2, 0.25) is 17.6 Å². The van der Waals surface area contributed by atoms with E-state index in [1.54, 1.807) is 60.7 Å². The molecule has 2 saturated carbocycles. The number of para-hydroxylation sites is 1. The molecule has 2 aliphatic carbocycles. The number of esters is 1. The first kappa shape index (κ1) is 26.5. The summed E-state index contributed by atoms with van der Waals surface area (Å²) >= 11 is 6.04. The predicted octanol–water partition coefficient (Wildman–Crippen LogP) is 6.52. The lowest BCUT2D eigenvalue weighted by Crippen LogP contribution is -2.32. The molecule has 2 heterocycles. The molecule has 5 atom stereocenters. The normalized spacial score (nSPS) is 23.3. The van der Waals surface area contributed by atoms with Crippen LogP contribution in [0.25, 0.3) is 22.2 Å². The highest BCUT2D eigenvalue weighted by Crippen LogP contribution is 2.56. The van der Waals surface area contributed by atoms with E-state index in [2.05, 4.69) is 0 Å². The summed E-state index contributed by atoms with van der Waals surface area (Å²) < 4.78 is 5.64. The third-order valence-corrected chi connectivity index (χ3v) is 9.26. The Bertz CT molecular complexity index is 1770. The van der Waals surface area contributed by atoms with Gasteiger partial charge in [-0.05, 0) is 74.4 Å². The van der Waals surface area contributed by atoms with Crippen molar-refractivity contribution in [3.63, 3.8) is 0 Å². The zero-order chi connectivity index (χ0) is 29.1. The summed E-state index contributed by atoms with van der Waals surface area (Å²) in [4.78, 5) is 59.4. The Hall–Kier alpha value is -4.36. The summed E-state index contributed by atoms with van der Waals surface area (Å²) in [5.74, 6) is -1.07. The number of amides is 2. The highest BCUT2D eigenvalue weighted by Gasteiger charge is 2.61. The number of rotatable bonds is 6. The number of ether oxygens (including phenoxy) is 1. The van der Waals surface area contributed by atoms with Crippen LogP contribution in [0.1, 0.15) is 46.9 Å². The van der Waals surface area contributed by atoms with Gasteiger partial charge in [0.25, 0.3) is 0 Å². The summed E-state index contributed by atoms with van der Waals surface area (Å²) in [6, 6.07) is 22.5. The molecule has 0 radical (unpaired) electrons. The Balaban J connectivity index is 1.21. The van der Waals surface area contributed by atoms with Crippen molar-refractivity contribution in [1.29, 1.82) is 0 Å². The summed E-state index contributed by atoms with van der Waals surface area (Å²) in [5.41, 5.74) is 2.82. The highest BCUT2D eigenvalue weighted by molar-refractivity contribution is 6.31. The predicted molar refractivity (Wildman–Crippen MR) is 158 cm³/mol. The number of fused-ring (bicyclic) bond motifs is 6. The van der Waals surface area contributed by atoms with Crippen LogP contribution >= 0.6 is 11.6 Å². The van der Waals surface area contributed by atoms with E-state index < -0.39 is 12.1 Å². The monoisotopic (exact) mass is 578 g/mol. The first-order valence-electron chi connectivity index (χ1n) is 14.2. The minimum Gasteiger partial charge on any atom is -0.451 e. The van der Waals surface area contributed by atoms with Gasteiger partial charge in [-0.2, -0.15) is 0 Å².